The van der Waals surface area contributed by atoms with Gasteiger partial charge in [0.2, 0.25) is 11.9 Å². The summed E-state index contributed by atoms with van der Waals surface area (Å²) < 4.78 is 1.90. The molecular weight excluding hydrogens is 382 g/mol. The maximum absolute atomic E-state index is 12.0. The number of hydrogen-bond acceptors (Lipinski definition) is 7. The van der Waals surface area contributed by atoms with Crippen LogP contribution in [0.1, 0.15) is 26.7 Å². The first kappa shape index (κ1) is 19.9. The van der Waals surface area contributed by atoms with Gasteiger partial charge in [0.05, 0.1) is 23.5 Å². The van der Waals surface area contributed by atoms with Crippen molar-refractivity contribution >= 4 is 34.4 Å². The van der Waals surface area contributed by atoms with Gasteiger partial charge >= 0.3 is 0 Å². The van der Waals surface area contributed by atoms with Gasteiger partial charge in [0.1, 0.15) is 5.82 Å². The minimum absolute atomic E-state index is 0.0431. The highest BCUT2D eigenvalue weighted by Gasteiger charge is 2.23. The van der Waals surface area contributed by atoms with Gasteiger partial charge in [-0.3, -0.25) is 14.6 Å². The summed E-state index contributed by atoms with van der Waals surface area (Å²) in [6.07, 6.45) is 8.65. The maximum Gasteiger partial charge on any atom is 0.246 e. The predicted molar refractivity (Wildman–Crippen MR) is 115 cm³/mol. The van der Waals surface area contributed by atoms with Crippen LogP contribution in [0.25, 0.3) is 11.0 Å². The van der Waals surface area contributed by atoms with Gasteiger partial charge in [0.25, 0.3) is 0 Å². The number of carbonyl (C=O) groups is 1. The third-order valence-corrected chi connectivity index (χ3v) is 5.00. The molecule has 1 aliphatic rings. The van der Waals surface area contributed by atoms with E-state index in [4.69, 9.17) is 0 Å². The lowest BCUT2D eigenvalue weighted by Gasteiger charge is -2.32. The van der Waals surface area contributed by atoms with Crippen molar-refractivity contribution < 1.29 is 4.79 Å². The van der Waals surface area contributed by atoms with Crippen LogP contribution >= 0.6 is 0 Å². The van der Waals surface area contributed by atoms with E-state index in [1.54, 1.807) is 12.4 Å². The molecule has 1 aliphatic heterocycles. The average Bonchev–Trinajstić information content (AvgIpc) is 3.36. The highest BCUT2D eigenvalue weighted by atomic mass is 16.2. The molecule has 10 nitrogen and oxygen atoms in total. The van der Waals surface area contributed by atoms with E-state index in [2.05, 4.69) is 56.3 Å². The Bertz CT molecular complexity index is 1040. The van der Waals surface area contributed by atoms with E-state index in [1.807, 2.05) is 15.8 Å². The maximum atomic E-state index is 12.0. The summed E-state index contributed by atoms with van der Waals surface area (Å²) in [4.78, 5) is 23.0. The first-order valence-corrected chi connectivity index (χ1v) is 10.2. The van der Waals surface area contributed by atoms with E-state index < -0.39 is 0 Å². The fourth-order valence-electron chi connectivity index (χ4n) is 3.65. The van der Waals surface area contributed by atoms with Gasteiger partial charge in [0.15, 0.2) is 5.65 Å². The molecule has 4 heterocycles. The van der Waals surface area contributed by atoms with Gasteiger partial charge in [-0.15, -0.1) is 0 Å². The Morgan fingerprint density at radius 3 is 3.07 bits per heavy atom. The van der Waals surface area contributed by atoms with E-state index in [0.29, 0.717) is 29.9 Å². The third-order valence-electron chi connectivity index (χ3n) is 5.00. The number of nitrogens with zero attached hydrogens (tertiary/aromatic N) is 6. The number of aromatic amines is 1. The van der Waals surface area contributed by atoms with Crippen molar-refractivity contribution in [3.63, 3.8) is 0 Å². The molecule has 1 unspecified atom stereocenters. The van der Waals surface area contributed by atoms with Gasteiger partial charge < -0.3 is 15.5 Å². The number of likely N-dealkylation sites (tertiary alicyclic amines) is 1. The van der Waals surface area contributed by atoms with E-state index in [1.165, 1.54) is 6.08 Å². The fourth-order valence-corrected chi connectivity index (χ4v) is 3.65. The van der Waals surface area contributed by atoms with Crippen LogP contribution in [0.2, 0.25) is 0 Å². The van der Waals surface area contributed by atoms with Crippen LogP contribution in [-0.2, 0) is 11.3 Å². The zero-order chi connectivity index (χ0) is 21.1. The van der Waals surface area contributed by atoms with Crippen molar-refractivity contribution in [3.8, 4) is 0 Å². The van der Waals surface area contributed by atoms with Crippen molar-refractivity contribution in [2.45, 2.75) is 39.3 Å². The largest absolute Gasteiger partial charge is 0.365 e. The smallest absolute Gasteiger partial charge is 0.246 e. The lowest BCUT2D eigenvalue weighted by molar-refractivity contribution is -0.127. The van der Waals surface area contributed by atoms with Crippen LogP contribution in [0.3, 0.4) is 0 Å². The standard InChI is InChI=1S/C20H27N9O/c1-4-17(30)28-7-5-6-14(11-28)23-18-16-9-21-27-19(16)26-20(25-18)24-15-8-22-29(12-15)10-13(2)3/h4,8-9,12-14H,1,5-7,10-11H2,2-3H3,(H3,21,23,24,25,26,27). The molecule has 0 spiro atoms. The SMILES string of the molecule is C=CC(=O)N1CCCC(Nc2nc(Nc3cnn(CC(C)C)c3)nc3[nH]ncc23)C1. The average molecular weight is 409 g/mol. The molecule has 0 aliphatic carbocycles. The Labute approximate surface area is 174 Å². The third kappa shape index (κ3) is 4.42. The Kier molecular flexibility index (Phi) is 5.64. The molecule has 4 rings (SSSR count). The number of rotatable bonds is 7. The van der Waals surface area contributed by atoms with Crippen molar-refractivity contribution in [1.82, 2.24) is 34.8 Å². The molecule has 1 saturated heterocycles. The monoisotopic (exact) mass is 409 g/mol. The number of fused-ring (bicyclic) bond motifs is 1. The molecule has 0 aromatic carbocycles. The second kappa shape index (κ2) is 8.52. The Balaban J connectivity index is 1.53. The Hall–Kier alpha value is -3.43. The summed E-state index contributed by atoms with van der Waals surface area (Å²) in [5.74, 6) is 1.60. The zero-order valence-electron chi connectivity index (χ0n) is 17.3. The highest BCUT2D eigenvalue weighted by molar-refractivity contribution is 5.88. The lowest BCUT2D eigenvalue weighted by atomic mass is 10.1. The van der Waals surface area contributed by atoms with E-state index in [9.17, 15) is 4.79 Å². The fraction of sp³-hybridized carbons (Fsp3) is 0.450. The first-order chi connectivity index (χ1) is 14.5. The number of hydrogen-bond donors (Lipinski definition) is 3. The summed E-state index contributed by atoms with van der Waals surface area (Å²) in [6.45, 7) is 10.1. The van der Waals surface area contributed by atoms with E-state index in [-0.39, 0.29) is 11.9 Å². The molecule has 10 heteroatoms. The molecule has 3 N–H and O–H groups in total. The van der Waals surface area contributed by atoms with Crippen LogP contribution in [0.15, 0.2) is 31.2 Å². The lowest BCUT2D eigenvalue weighted by Crippen LogP contribution is -2.44. The number of piperidine rings is 1. The van der Waals surface area contributed by atoms with Crippen LogP contribution < -0.4 is 10.6 Å². The summed E-state index contributed by atoms with van der Waals surface area (Å²) in [5, 5.41) is 18.9. The molecular formula is C20H27N9O. The van der Waals surface area contributed by atoms with Gasteiger partial charge in [-0.05, 0) is 24.8 Å². The van der Waals surface area contributed by atoms with Crippen molar-refractivity contribution in [2.24, 2.45) is 5.92 Å². The van der Waals surface area contributed by atoms with Crippen molar-refractivity contribution in [3.05, 3.63) is 31.2 Å². The molecule has 0 saturated carbocycles. The summed E-state index contributed by atoms with van der Waals surface area (Å²) in [7, 11) is 0. The molecule has 30 heavy (non-hydrogen) atoms. The topological polar surface area (TPSA) is 117 Å². The molecule has 0 bridgehead atoms. The number of anilines is 3. The normalized spacial score (nSPS) is 16.8. The highest BCUT2D eigenvalue weighted by Crippen LogP contribution is 2.24. The van der Waals surface area contributed by atoms with Crippen LogP contribution in [0.4, 0.5) is 17.5 Å². The minimum Gasteiger partial charge on any atom is -0.365 e. The number of aromatic nitrogens is 6. The summed E-state index contributed by atoms with van der Waals surface area (Å²) >= 11 is 0. The van der Waals surface area contributed by atoms with Gasteiger partial charge in [0, 0.05) is 31.9 Å². The minimum atomic E-state index is -0.0431. The first-order valence-electron chi connectivity index (χ1n) is 10.2. The summed E-state index contributed by atoms with van der Waals surface area (Å²) in [6, 6.07) is 0.0947. The van der Waals surface area contributed by atoms with Gasteiger partial charge in [-0.2, -0.15) is 20.2 Å². The van der Waals surface area contributed by atoms with Gasteiger partial charge in [-0.1, -0.05) is 20.4 Å². The molecule has 1 atom stereocenters. The van der Waals surface area contributed by atoms with E-state index >= 15 is 0 Å². The molecule has 1 amide bonds. The Morgan fingerprint density at radius 2 is 2.27 bits per heavy atom. The summed E-state index contributed by atoms with van der Waals surface area (Å²) in [5.41, 5.74) is 1.46. The van der Waals surface area contributed by atoms with Crippen LogP contribution in [-0.4, -0.2) is 59.9 Å². The molecule has 1 fully saturated rings. The quantitative estimate of drug-likeness (QED) is 0.513. The molecule has 0 radical (unpaired) electrons. The predicted octanol–water partition coefficient (Wildman–Crippen LogP) is 2.54. The molecule has 3 aromatic heterocycles. The van der Waals surface area contributed by atoms with Crippen LogP contribution in [0, 0.1) is 5.92 Å². The molecule has 3 aromatic rings. The van der Waals surface area contributed by atoms with Crippen molar-refractivity contribution in [1.29, 1.82) is 0 Å². The Morgan fingerprint density at radius 1 is 1.40 bits per heavy atom. The van der Waals surface area contributed by atoms with E-state index in [0.717, 1.165) is 37.0 Å². The number of amides is 1. The second-order valence-electron chi connectivity index (χ2n) is 7.97. The number of H-pyrrole nitrogens is 1. The zero-order valence-corrected chi connectivity index (χ0v) is 17.3. The van der Waals surface area contributed by atoms with Crippen molar-refractivity contribution in [2.75, 3.05) is 23.7 Å². The second-order valence-corrected chi connectivity index (χ2v) is 7.97. The van der Waals surface area contributed by atoms with Gasteiger partial charge in [-0.25, -0.2) is 0 Å². The molecule has 158 valence electrons. The number of carbonyl (C=O) groups excluding carboxylic acids is 1. The number of nitrogens with one attached hydrogen (secondary N) is 3. The van der Waals surface area contributed by atoms with Crippen LogP contribution in [0.5, 0.6) is 0 Å².